The lowest BCUT2D eigenvalue weighted by Crippen LogP contribution is -2.22. The van der Waals surface area contributed by atoms with E-state index in [2.05, 4.69) is 27.7 Å². The number of benzene rings is 1. The molecule has 0 aliphatic heterocycles. The Kier molecular flexibility index (Phi) is 15.0. The summed E-state index contributed by atoms with van der Waals surface area (Å²) in [4.78, 5) is 25.8. The molecule has 0 amide bonds. The minimum absolute atomic E-state index is 0.0629. The molecule has 1 aromatic rings. The number of methoxy groups -OCH3 is 1. The van der Waals surface area contributed by atoms with Crippen molar-refractivity contribution in [1.29, 1.82) is 0 Å². The van der Waals surface area contributed by atoms with Crippen LogP contribution >= 0.6 is 0 Å². The molecule has 5 nitrogen and oxygen atoms in total. The Morgan fingerprint density at radius 2 is 1.39 bits per heavy atom. The summed E-state index contributed by atoms with van der Waals surface area (Å²) in [5.41, 5.74) is 0.652. The number of hydrogen-bond donors (Lipinski definition) is 0. The lowest BCUT2D eigenvalue weighted by Gasteiger charge is -2.16. The molecule has 0 saturated heterocycles. The molecule has 0 saturated carbocycles. The smallest absolute Gasteiger partial charge is 0.345 e. The molecule has 0 aromatic heterocycles. The maximum Gasteiger partial charge on any atom is 0.345 e. The number of hydrogen-bond acceptors (Lipinski definition) is 5. The maximum absolute atomic E-state index is 12.9. The van der Waals surface area contributed by atoms with Gasteiger partial charge < -0.3 is 14.2 Å². The average molecular weight is 461 g/mol. The van der Waals surface area contributed by atoms with Gasteiger partial charge in [-0.15, -0.1) is 0 Å². The zero-order chi connectivity index (χ0) is 24.5. The fraction of sp³-hybridized carbons (Fsp3) is 0.643. The zero-order valence-electron chi connectivity index (χ0n) is 21.4. The van der Waals surface area contributed by atoms with E-state index in [-0.39, 0.29) is 5.57 Å². The van der Waals surface area contributed by atoms with Crippen LogP contribution in [0.15, 0.2) is 29.8 Å². The van der Waals surface area contributed by atoms with E-state index in [1.165, 1.54) is 6.42 Å². The van der Waals surface area contributed by atoms with Crippen molar-refractivity contribution in [2.75, 3.05) is 20.3 Å². The predicted octanol–water partition coefficient (Wildman–Crippen LogP) is 6.99. The van der Waals surface area contributed by atoms with Gasteiger partial charge in [-0.05, 0) is 48.4 Å². The highest BCUT2D eigenvalue weighted by atomic mass is 16.6. The highest BCUT2D eigenvalue weighted by Crippen LogP contribution is 2.19. The van der Waals surface area contributed by atoms with Crippen LogP contribution in [0.3, 0.4) is 0 Å². The second kappa shape index (κ2) is 17.2. The van der Waals surface area contributed by atoms with E-state index in [1.54, 1.807) is 37.5 Å². The molecule has 1 rings (SSSR count). The molecule has 0 fully saturated rings. The Morgan fingerprint density at radius 3 is 1.94 bits per heavy atom. The Balaban J connectivity index is 2.88. The van der Waals surface area contributed by atoms with Crippen molar-refractivity contribution >= 4 is 18.0 Å². The molecule has 2 unspecified atom stereocenters. The third-order valence-corrected chi connectivity index (χ3v) is 6.16. The minimum atomic E-state index is -0.622. The van der Waals surface area contributed by atoms with Gasteiger partial charge in [-0.25, -0.2) is 9.59 Å². The van der Waals surface area contributed by atoms with Gasteiger partial charge in [0.2, 0.25) is 0 Å². The first kappa shape index (κ1) is 28.7. The van der Waals surface area contributed by atoms with E-state index in [1.807, 2.05) is 0 Å². The number of rotatable bonds is 17. The monoisotopic (exact) mass is 460 g/mol. The van der Waals surface area contributed by atoms with Crippen LogP contribution in [0.2, 0.25) is 0 Å². The predicted molar refractivity (Wildman–Crippen MR) is 134 cm³/mol. The summed E-state index contributed by atoms with van der Waals surface area (Å²) in [6.07, 6.45) is 11.0. The maximum atomic E-state index is 12.9. The van der Waals surface area contributed by atoms with E-state index < -0.39 is 11.9 Å². The van der Waals surface area contributed by atoms with Crippen molar-refractivity contribution < 1.29 is 23.8 Å². The number of carbonyl (C=O) groups is 2. The second-order valence-corrected chi connectivity index (χ2v) is 8.69. The standard InChI is InChI=1S/C28H44O5/c1-6-10-12-22(8-3)18-19-32-27(29)26(20-24-14-16-25(31-5)17-15-24)28(30)33-21-23(9-4)13-11-7-2/h14-17,20,22-23H,6-13,18-19,21H2,1-5H3. The van der Waals surface area contributed by atoms with Crippen LogP contribution in [0.1, 0.15) is 91.0 Å². The van der Waals surface area contributed by atoms with Gasteiger partial charge in [-0.3, -0.25) is 0 Å². The zero-order valence-corrected chi connectivity index (χ0v) is 21.4. The van der Waals surface area contributed by atoms with Crippen LogP contribution in [0.5, 0.6) is 5.75 Å². The molecule has 0 radical (unpaired) electrons. The molecule has 33 heavy (non-hydrogen) atoms. The van der Waals surface area contributed by atoms with Gasteiger partial charge in [-0.2, -0.15) is 0 Å². The summed E-state index contributed by atoms with van der Waals surface area (Å²) in [7, 11) is 1.60. The highest BCUT2D eigenvalue weighted by molar-refractivity contribution is 6.17. The van der Waals surface area contributed by atoms with Gasteiger partial charge in [0.1, 0.15) is 11.3 Å². The van der Waals surface area contributed by atoms with Gasteiger partial charge >= 0.3 is 11.9 Å². The van der Waals surface area contributed by atoms with Crippen LogP contribution in [-0.4, -0.2) is 32.3 Å². The van der Waals surface area contributed by atoms with E-state index in [0.29, 0.717) is 36.4 Å². The topological polar surface area (TPSA) is 61.8 Å². The first-order chi connectivity index (χ1) is 16.0. The van der Waals surface area contributed by atoms with Crippen LogP contribution in [-0.2, 0) is 19.1 Å². The van der Waals surface area contributed by atoms with Crippen molar-refractivity contribution in [3.63, 3.8) is 0 Å². The summed E-state index contributed by atoms with van der Waals surface area (Å²) < 4.78 is 16.3. The molecule has 2 atom stereocenters. The molecule has 0 N–H and O–H groups in total. The molecule has 186 valence electrons. The average Bonchev–Trinajstić information content (AvgIpc) is 2.84. The molecule has 5 heteroatoms. The van der Waals surface area contributed by atoms with Gasteiger partial charge in [-0.1, -0.05) is 84.8 Å². The molecular weight excluding hydrogens is 416 g/mol. The van der Waals surface area contributed by atoms with Crippen molar-refractivity contribution in [3.8, 4) is 5.75 Å². The van der Waals surface area contributed by atoms with Gasteiger partial charge in [0.15, 0.2) is 0 Å². The van der Waals surface area contributed by atoms with Crippen LogP contribution < -0.4 is 4.74 Å². The van der Waals surface area contributed by atoms with Crippen LogP contribution in [0.4, 0.5) is 0 Å². The quantitative estimate of drug-likeness (QED) is 0.108. The van der Waals surface area contributed by atoms with Crippen molar-refractivity contribution in [3.05, 3.63) is 35.4 Å². The minimum Gasteiger partial charge on any atom is -0.497 e. The van der Waals surface area contributed by atoms with Crippen molar-refractivity contribution in [2.24, 2.45) is 11.8 Å². The third-order valence-electron chi connectivity index (χ3n) is 6.16. The summed E-state index contributed by atoms with van der Waals surface area (Å²) in [6.45, 7) is 9.21. The van der Waals surface area contributed by atoms with Gasteiger partial charge in [0.05, 0.1) is 20.3 Å². The van der Waals surface area contributed by atoms with E-state index in [9.17, 15) is 9.59 Å². The molecule has 0 spiro atoms. The Labute approximate surface area is 200 Å². The summed E-state index contributed by atoms with van der Waals surface area (Å²) >= 11 is 0. The highest BCUT2D eigenvalue weighted by Gasteiger charge is 2.23. The normalized spacial score (nSPS) is 13.3. The second-order valence-electron chi connectivity index (χ2n) is 8.69. The van der Waals surface area contributed by atoms with E-state index in [4.69, 9.17) is 14.2 Å². The summed E-state index contributed by atoms with van der Waals surface area (Å²) in [6, 6.07) is 7.18. The number of unbranched alkanes of at least 4 members (excludes halogenated alkanes) is 2. The Hall–Kier alpha value is -2.30. The molecule has 0 aliphatic rings. The van der Waals surface area contributed by atoms with E-state index in [0.717, 1.165) is 51.4 Å². The number of carbonyl (C=O) groups excluding carboxylic acids is 2. The Bertz CT molecular complexity index is 708. The lowest BCUT2D eigenvalue weighted by atomic mass is 9.96. The van der Waals surface area contributed by atoms with Gasteiger partial charge in [0.25, 0.3) is 0 Å². The number of esters is 2. The SMILES string of the molecule is CCCCC(CC)CCOC(=O)C(=Cc1ccc(OC)cc1)C(=O)OCC(CC)CCCC. The molecular formula is C28H44O5. The fourth-order valence-electron chi connectivity index (χ4n) is 3.68. The molecule has 1 aromatic carbocycles. The third kappa shape index (κ3) is 11.4. The first-order valence-corrected chi connectivity index (χ1v) is 12.7. The fourth-order valence-corrected chi connectivity index (χ4v) is 3.68. The molecule has 0 heterocycles. The summed E-state index contributed by atoms with van der Waals surface area (Å²) in [5.74, 6) is 0.295. The number of ether oxygens (including phenoxy) is 3. The lowest BCUT2D eigenvalue weighted by molar-refractivity contribution is -0.148. The Morgan fingerprint density at radius 1 is 0.818 bits per heavy atom. The molecule has 0 aliphatic carbocycles. The largest absolute Gasteiger partial charge is 0.497 e. The molecule has 0 bridgehead atoms. The first-order valence-electron chi connectivity index (χ1n) is 12.7. The van der Waals surface area contributed by atoms with Gasteiger partial charge in [0, 0.05) is 0 Å². The van der Waals surface area contributed by atoms with Crippen molar-refractivity contribution in [2.45, 2.75) is 85.5 Å². The summed E-state index contributed by atoms with van der Waals surface area (Å²) in [5, 5.41) is 0. The van der Waals surface area contributed by atoms with Crippen LogP contribution in [0, 0.1) is 11.8 Å². The van der Waals surface area contributed by atoms with Crippen molar-refractivity contribution in [1.82, 2.24) is 0 Å². The van der Waals surface area contributed by atoms with E-state index >= 15 is 0 Å². The van der Waals surface area contributed by atoms with Crippen LogP contribution in [0.25, 0.3) is 6.08 Å².